The smallest absolute Gasteiger partial charge is 0.194 e. The lowest BCUT2D eigenvalue weighted by Gasteiger charge is -2.19. The Hall–Kier alpha value is -2.41. The van der Waals surface area contributed by atoms with Gasteiger partial charge >= 0.3 is 0 Å². The van der Waals surface area contributed by atoms with Crippen LogP contribution < -0.4 is 39.8 Å². The van der Waals surface area contributed by atoms with Crippen LogP contribution in [0.5, 0.6) is 5.75 Å². The lowest BCUT2D eigenvalue weighted by atomic mass is 10.0. The topological polar surface area (TPSA) is 62.9 Å². The fourth-order valence-corrected chi connectivity index (χ4v) is 4.44. The number of quaternary nitrogens is 2. The van der Waals surface area contributed by atoms with Crippen molar-refractivity contribution in [2.24, 2.45) is 4.99 Å². The fourth-order valence-electron chi connectivity index (χ4n) is 4.44. The van der Waals surface area contributed by atoms with E-state index in [1.165, 1.54) is 21.7 Å². The molecule has 3 aromatic rings. The SMILES string of the molecule is Cc1cc2c(cc1C)[NH+](CCC[NH2+]C(C)C(O)c1ccc(OCc3ccccc3)c(C)c1)C=N2.[Cl-].[Cl-]. The van der Waals surface area contributed by atoms with Gasteiger partial charge in [0.1, 0.15) is 30.2 Å². The zero-order chi connectivity index (χ0) is 24.1. The molecule has 3 unspecified atom stereocenters. The van der Waals surface area contributed by atoms with Gasteiger partial charge in [0.2, 0.25) is 0 Å². The minimum Gasteiger partial charge on any atom is -1.00 e. The van der Waals surface area contributed by atoms with Gasteiger partial charge in [0.15, 0.2) is 12.0 Å². The van der Waals surface area contributed by atoms with E-state index in [-0.39, 0.29) is 30.9 Å². The molecule has 7 heteroatoms. The van der Waals surface area contributed by atoms with Crippen LogP contribution in [0.4, 0.5) is 11.4 Å². The standard InChI is InChI=1S/C29H35N3O2.2ClH/c1-20-16-26-27(17-21(20)2)32(19-31-26)14-8-13-30-23(4)29(33)25-11-12-28(22(3)15-25)34-18-24-9-6-5-7-10-24;;/h5-7,9-12,15-17,19,23,29-30,33H,8,13-14,18H2,1-4H3;2*1H. The number of ether oxygens (including phenoxy) is 1. The molecule has 36 heavy (non-hydrogen) atoms. The maximum atomic E-state index is 10.9. The van der Waals surface area contributed by atoms with Crippen molar-refractivity contribution in [3.05, 3.63) is 88.5 Å². The van der Waals surface area contributed by atoms with Crippen LogP contribution in [-0.2, 0) is 6.61 Å². The third-order valence-corrected chi connectivity index (χ3v) is 6.78. The quantitative estimate of drug-likeness (QED) is 0.253. The normalized spacial score (nSPS) is 15.4. The molecule has 0 bridgehead atoms. The molecule has 194 valence electrons. The van der Waals surface area contributed by atoms with Crippen LogP contribution in [0, 0.1) is 20.8 Å². The minimum absolute atomic E-state index is 0. The second-order valence-corrected chi connectivity index (χ2v) is 9.47. The Balaban J connectivity index is 0.00000228. The molecule has 0 aliphatic carbocycles. The van der Waals surface area contributed by atoms with Gasteiger partial charge in [0.25, 0.3) is 0 Å². The fraction of sp³-hybridized carbons (Fsp3) is 0.345. The highest BCUT2D eigenvalue weighted by atomic mass is 35.5. The van der Waals surface area contributed by atoms with Gasteiger partial charge in [-0.2, -0.15) is 4.99 Å². The Morgan fingerprint density at radius 2 is 1.67 bits per heavy atom. The number of hydrogen-bond donors (Lipinski definition) is 3. The van der Waals surface area contributed by atoms with E-state index in [9.17, 15) is 5.11 Å². The lowest BCUT2D eigenvalue weighted by Crippen LogP contribution is -3.05. The Labute approximate surface area is 227 Å². The van der Waals surface area contributed by atoms with Crippen LogP contribution in [0.25, 0.3) is 0 Å². The van der Waals surface area contributed by atoms with E-state index < -0.39 is 6.10 Å². The molecule has 0 radical (unpaired) electrons. The molecule has 0 saturated heterocycles. The van der Waals surface area contributed by atoms with Gasteiger partial charge in [-0.25, -0.2) is 0 Å². The van der Waals surface area contributed by atoms with Crippen molar-refractivity contribution >= 4 is 17.7 Å². The first-order valence-corrected chi connectivity index (χ1v) is 12.2. The average Bonchev–Trinajstić information content (AvgIpc) is 3.22. The average molecular weight is 531 g/mol. The number of aryl methyl sites for hydroxylation is 3. The van der Waals surface area contributed by atoms with Crippen molar-refractivity contribution in [3.8, 4) is 5.75 Å². The summed E-state index contributed by atoms with van der Waals surface area (Å²) in [7, 11) is 0. The molecule has 3 aromatic carbocycles. The van der Waals surface area contributed by atoms with E-state index in [0.29, 0.717) is 6.61 Å². The van der Waals surface area contributed by atoms with Crippen LogP contribution in [0.15, 0.2) is 65.7 Å². The molecule has 5 nitrogen and oxygen atoms in total. The molecule has 1 heterocycles. The van der Waals surface area contributed by atoms with Crippen LogP contribution in [-0.4, -0.2) is 30.6 Å². The maximum absolute atomic E-state index is 10.9. The predicted octanol–water partition coefficient (Wildman–Crippen LogP) is -2.54. The predicted molar refractivity (Wildman–Crippen MR) is 137 cm³/mol. The zero-order valence-corrected chi connectivity index (χ0v) is 23.0. The molecule has 0 aromatic heterocycles. The second-order valence-electron chi connectivity index (χ2n) is 9.47. The van der Waals surface area contributed by atoms with Crippen molar-refractivity contribution in [2.45, 2.75) is 52.9 Å². The van der Waals surface area contributed by atoms with E-state index >= 15 is 0 Å². The largest absolute Gasteiger partial charge is 1.00 e. The van der Waals surface area contributed by atoms with Crippen molar-refractivity contribution in [1.29, 1.82) is 0 Å². The van der Waals surface area contributed by atoms with Crippen LogP contribution >= 0.6 is 0 Å². The number of halogens is 2. The molecule has 4 N–H and O–H groups in total. The molecular formula is C29H37Cl2N3O2. The molecule has 4 rings (SSSR count). The van der Waals surface area contributed by atoms with E-state index in [1.54, 1.807) is 0 Å². The minimum atomic E-state index is -0.520. The molecule has 0 spiro atoms. The number of nitrogens with zero attached hydrogens (tertiary/aromatic N) is 1. The summed E-state index contributed by atoms with van der Waals surface area (Å²) in [5.74, 6) is 0.859. The van der Waals surface area contributed by atoms with Gasteiger partial charge in [0.05, 0.1) is 13.1 Å². The van der Waals surface area contributed by atoms with Gasteiger partial charge in [-0.05, 0) is 73.7 Å². The van der Waals surface area contributed by atoms with Crippen LogP contribution in [0.3, 0.4) is 0 Å². The van der Waals surface area contributed by atoms with Gasteiger partial charge in [0, 0.05) is 12.5 Å². The lowest BCUT2D eigenvalue weighted by molar-refractivity contribution is -0.734. The summed E-state index contributed by atoms with van der Waals surface area (Å²) in [6.45, 7) is 10.9. The molecule has 0 saturated carbocycles. The summed E-state index contributed by atoms with van der Waals surface area (Å²) in [4.78, 5) is 5.91. The number of aliphatic hydroxyl groups is 1. The first kappa shape index (κ1) is 29.8. The highest BCUT2D eigenvalue weighted by Crippen LogP contribution is 2.27. The Kier molecular flexibility index (Phi) is 11.4. The number of hydrogen-bond acceptors (Lipinski definition) is 3. The number of benzene rings is 3. The molecule has 3 atom stereocenters. The van der Waals surface area contributed by atoms with Crippen molar-refractivity contribution < 1.29 is 44.9 Å². The summed E-state index contributed by atoms with van der Waals surface area (Å²) in [6, 6.07) is 20.7. The van der Waals surface area contributed by atoms with E-state index in [1.807, 2.05) is 49.7 Å². The molecular weight excluding hydrogens is 493 g/mol. The third kappa shape index (κ3) is 7.31. The first-order valence-electron chi connectivity index (χ1n) is 12.2. The Morgan fingerprint density at radius 1 is 0.944 bits per heavy atom. The molecule has 0 fully saturated rings. The number of nitrogens with one attached hydrogen (secondary N) is 1. The maximum Gasteiger partial charge on any atom is 0.194 e. The van der Waals surface area contributed by atoms with Gasteiger partial charge in [-0.15, -0.1) is 0 Å². The van der Waals surface area contributed by atoms with E-state index in [0.717, 1.165) is 47.6 Å². The third-order valence-electron chi connectivity index (χ3n) is 6.78. The first-order chi connectivity index (χ1) is 16.4. The number of aliphatic hydroxyl groups excluding tert-OH is 1. The molecule has 1 aliphatic rings. The zero-order valence-electron chi connectivity index (χ0n) is 21.5. The molecule has 1 aliphatic heterocycles. The Bertz CT molecular complexity index is 1150. The van der Waals surface area contributed by atoms with Crippen molar-refractivity contribution in [3.63, 3.8) is 0 Å². The summed E-state index contributed by atoms with van der Waals surface area (Å²) in [5, 5.41) is 13.2. The number of nitrogens with two attached hydrogens (primary N) is 1. The monoisotopic (exact) mass is 529 g/mol. The summed E-state index contributed by atoms with van der Waals surface area (Å²) < 4.78 is 5.98. The summed E-state index contributed by atoms with van der Waals surface area (Å²) in [6.07, 6.45) is 2.55. The number of rotatable bonds is 10. The number of fused-ring (bicyclic) bond motifs is 1. The highest BCUT2D eigenvalue weighted by Gasteiger charge is 2.23. The highest BCUT2D eigenvalue weighted by molar-refractivity contribution is 5.73. The van der Waals surface area contributed by atoms with E-state index in [2.05, 4.69) is 55.3 Å². The van der Waals surface area contributed by atoms with Gasteiger partial charge in [-0.3, -0.25) is 4.90 Å². The molecule has 0 amide bonds. The van der Waals surface area contributed by atoms with Crippen molar-refractivity contribution in [1.82, 2.24) is 0 Å². The van der Waals surface area contributed by atoms with E-state index in [4.69, 9.17) is 4.74 Å². The Morgan fingerprint density at radius 3 is 2.39 bits per heavy atom. The summed E-state index contributed by atoms with van der Waals surface area (Å²) in [5.41, 5.74) is 8.10. The van der Waals surface area contributed by atoms with Gasteiger partial charge < -0.3 is 40.0 Å². The second kappa shape index (κ2) is 13.8. The van der Waals surface area contributed by atoms with Crippen molar-refractivity contribution in [2.75, 3.05) is 13.1 Å². The van der Waals surface area contributed by atoms with Crippen LogP contribution in [0.1, 0.15) is 47.3 Å². The van der Waals surface area contributed by atoms with Crippen LogP contribution in [0.2, 0.25) is 0 Å². The number of aliphatic imine (C=N–C) groups is 1. The van der Waals surface area contributed by atoms with Gasteiger partial charge in [-0.1, -0.05) is 36.4 Å². The summed E-state index contributed by atoms with van der Waals surface area (Å²) >= 11 is 0.